The molecule has 0 atom stereocenters. The number of nitrogens with two attached hydrogens (primary N) is 1. The Balaban J connectivity index is 1.90. The van der Waals surface area contributed by atoms with Crippen LogP contribution in [0.5, 0.6) is 0 Å². The summed E-state index contributed by atoms with van der Waals surface area (Å²) in [6.45, 7) is 3.37. The van der Waals surface area contributed by atoms with Gasteiger partial charge in [-0.05, 0) is 25.8 Å². The summed E-state index contributed by atoms with van der Waals surface area (Å²) in [5.41, 5.74) is 5.37. The number of amidine groups is 1. The Morgan fingerprint density at radius 3 is 2.87 bits per heavy atom. The van der Waals surface area contributed by atoms with E-state index in [1.54, 1.807) is 0 Å². The van der Waals surface area contributed by atoms with Gasteiger partial charge in [0.1, 0.15) is 5.84 Å². The fourth-order valence-corrected chi connectivity index (χ4v) is 1.22. The van der Waals surface area contributed by atoms with E-state index >= 15 is 0 Å². The number of rotatable bonds is 8. The molecule has 0 aromatic heterocycles. The number of nitrogens with zero attached hydrogens (tertiary/aromatic N) is 2. The first-order valence-corrected chi connectivity index (χ1v) is 5.45. The average Bonchev–Trinajstić information content (AvgIpc) is 3.04. The van der Waals surface area contributed by atoms with Crippen LogP contribution in [0.15, 0.2) is 5.16 Å². The van der Waals surface area contributed by atoms with Crippen LogP contribution in [0.25, 0.3) is 0 Å². The number of ether oxygens (including phenoxy) is 1. The zero-order chi connectivity index (χ0) is 11.1. The van der Waals surface area contributed by atoms with Crippen molar-refractivity contribution >= 4 is 5.84 Å². The van der Waals surface area contributed by atoms with Gasteiger partial charge in [0, 0.05) is 26.1 Å². The SMILES string of the molecule is CN(CCOCC1CC1)CCC(N)=NO. The highest BCUT2D eigenvalue weighted by Crippen LogP contribution is 2.28. The zero-order valence-corrected chi connectivity index (χ0v) is 9.35. The van der Waals surface area contributed by atoms with Crippen molar-refractivity contribution < 1.29 is 9.94 Å². The van der Waals surface area contributed by atoms with Crippen LogP contribution >= 0.6 is 0 Å². The van der Waals surface area contributed by atoms with Gasteiger partial charge in [-0.3, -0.25) is 0 Å². The Labute approximate surface area is 90.9 Å². The van der Waals surface area contributed by atoms with Gasteiger partial charge in [0.25, 0.3) is 0 Å². The second-order valence-electron chi connectivity index (χ2n) is 4.16. The summed E-state index contributed by atoms with van der Waals surface area (Å²) < 4.78 is 5.51. The van der Waals surface area contributed by atoms with E-state index in [-0.39, 0.29) is 5.84 Å². The van der Waals surface area contributed by atoms with Gasteiger partial charge in [0.05, 0.1) is 6.61 Å². The van der Waals surface area contributed by atoms with E-state index in [9.17, 15) is 0 Å². The lowest BCUT2D eigenvalue weighted by molar-refractivity contribution is 0.104. The fourth-order valence-electron chi connectivity index (χ4n) is 1.22. The maximum atomic E-state index is 8.35. The van der Waals surface area contributed by atoms with E-state index in [1.165, 1.54) is 12.8 Å². The van der Waals surface area contributed by atoms with Crippen LogP contribution < -0.4 is 5.73 Å². The van der Waals surface area contributed by atoms with E-state index in [2.05, 4.69) is 10.1 Å². The number of hydrogen-bond acceptors (Lipinski definition) is 4. The van der Waals surface area contributed by atoms with Crippen LogP contribution in [0.4, 0.5) is 0 Å². The van der Waals surface area contributed by atoms with E-state index in [0.717, 1.165) is 32.2 Å². The van der Waals surface area contributed by atoms with Gasteiger partial charge in [-0.2, -0.15) is 0 Å². The molecule has 5 heteroatoms. The number of oxime groups is 1. The Kier molecular flexibility index (Phi) is 5.42. The second kappa shape index (κ2) is 6.63. The summed E-state index contributed by atoms with van der Waals surface area (Å²) >= 11 is 0. The van der Waals surface area contributed by atoms with Crippen molar-refractivity contribution in [3.8, 4) is 0 Å². The van der Waals surface area contributed by atoms with Gasteiger partial charge in [-0.15, -0.1) is 0 Å². The molecule has 0 spiro atoms. The maximum Gasteiger partial charge on any atom is 0.140 e. The number of likely N-dealkylation sites (N-methyl/N-ethyl adjacent to an activating group) is 1. The summed E-state index contributed by atoms with van der Waals surface area (Å²) in [5, 5.41) is 11.3. The highest BCUT2D eigenvalue weighted by Gasteiger charge is 2.20. The van der Waals surface area contributed by atoms with Gasteiger partial charge in [0.15, 0.2) is 0 Å². The molecule has 0 aliphatic heterocycles. The van der Waals surface area contributed by atoms with Crippen molar-refractivity contribution in [3.63, 3.8) is 0 Å². The predicted octanol–water partition coefficient (Wildman–Crippen LogP) is 0.481. The molecule has 0 unspecified atom stereocenters. The maximum absolute atomic E-state index is 8.35. The highest BCUT2D eigenvalue weighted by molar-refractivity contribution is 5.79. The summed E-state index contributed by atoms with van der Waals surface area (Å²) in [6.07, 6.45) is 3.26. The lowest BCUT2D eigenvalue weighted by Gasteiger charge is -2.15. The first-order valence-electron chi connectivity index (χ1n) is 5.45. The first kappa shape index (κ1) is 12.3. The smallest absolute Gasteiger partial charge is 0.140 e. The molecule has 0 aromatic carbocycles. The van der Waals surface area contributed by atoms with Crippen LogP contribution in [0, 0.1) is 5.92 Å². The Hall–Kier alpha value is -0.810. The van der Waals surface area contributed by atoms with Gasteiger partial charge in [0.2, 0.25) is 0 Å². The Morgan fingerprint density at radius 2 is 2.27 bits per heavy atom. The minimum Gasteiger partial charge on any atom is -0.409 e. The molecule has 5 nitrogen and oxygen atoms in total. The van der Waals surface area contributed by atoms with E-state index in [0.29, 0.717) is 6.42 Å². The number of hydrogen-bond donors (Lipinski definition) is 2. The average molecular weight is 215 g/mol. The summed E-state index contributed by atoms with van der Waals surface area (Å²) in [7, 11) is 2.01. The molecule has 0 heterocycles. The van der Waals surface area contributed by atoms with Crippen molar-refractivity contribution in [1.82, 2.24) is 4.90 Å². The van der Waals surface area contributed by atoms with Gasteiger partial charge < -0.3 is 20.6 Å². The standard InChI is InChI=1S/C10H21N3O2/c1-13(5-4-10(11)12-14)6-7-15-8-9-2-3-9/h9,14H,2-8H2,1H3,(H2,11,12). The Bertz CT molecular complexity index is 205. The van der Waals surface area contributed by atoms with E-state index in [4.69, 9.17) is 15.7 Å². The van der Waals surface area contributed by atoms with Crippen molar-refractivity contribution in [2.45, 2.75) is 19.3 Å². The van der Waals surface area contributed by atoms with Crippen molar-refractivity contribution in [2.24, 2.45) is 16.8 Å². The minimum atomic E-state index is 0.278. The molecule has 88 valence electrons. The van der Waals surface area contributed by atoms with Crippen molar-refractivity contribution in [3.05, 3.63) is 0 Å². The third kappa shape index (κ3) is 6.30. The quantitative estimate of drug-likeness (QED) is 0.203. The molecule has 0 saturated heterocycles. The van der Waals surface area contributed by atoms with Gasteiger partial charge in [-0.1, -0.05) is 5.16 Å². The molecule has 0 aromatic rings. The molecule has 1 rings (SSSR count). The second-order valence-corrected chi connectivity index (χ2v) is 4.16. The van der Waals surface area contributed by atoms with Crippen LogP contribution in [0.3, 0.4) is 0 Å². The van der Waals surface area contributed by atoms with Gasteiger partial charge in [-0.25, -0.2) is 0 Å². The molecular formula is C10H21N3O2. The zero-order valence-electron chi connectivity index (χ0n) is 9.35. The molecule has 1 saturated carbocycles. The molecule has 3 N–H and O–H groups in total. The molecule has 1 aliphatic carbocycles. The molecule has 0 bridgehead atoms. The Morgan fingerprint density at radius 1 is 1.53 bits per heavy atom. The normalized spacial score (nSPS) is 17.3. The largest absolute Gasteiger partial charge is 0.409 e. The van der Waals surface area contributed by atoms with Crippen LogP contribution in [0.2, 0.25) is 0 Å². The molecular weight excluding hydrogens is 194 g/mol. The minimum absolute atomic E-state index is 0.278. The summed E-state index contributed by atoms with van der Waals surface area (Å²) in [5.74, 6) is 1.10. The van der Waals surface area contributed by atoms with E-state index < -0.39 is 0 Å². The lowest BCUT2D eigenvalue weighted by atomic mass is 10.3. The molecule has 0 amide bonds. The molecule has 1 fully saturated rings. The van der Waals surface area contributed by atoms with Crippen molar-refractivity contribution in [2.75, 3.05) is 33.4 Å². The third-order valence-electron chi connectivity index (χ3n) is 2.55. The fraction of sp³-hybridized carbons (Fsp3) is 0.900. The summed E-state index contributed by atoms with van der Waals surface area (Å²) in [4.78, 5) is 2.12. The topological polar surface area (TPSA) is 71.1 Å². The lowest BCUT2D eigenvalue weighted by Crippen LogP contribution is -2.28. The highest BCUT2D eigenvalue weighted by atomic mass is 16.5. The monoisotopic (exact) mass is 215 g/mol. The summed E-state index contributed by atoms with van der Waals surface area (Å²) in [6, 6.07) is 0. The third-order valence-corrected chi connectivity index (χ3v) is 2.55. The van der Waals surface area contributed by atoms with Crippen LogP contribution in [-0.4, -0.2) is 49.3 Å². The van der Waals surface area contributed by atoms with Crippen molar-refractivity contribution in [1.29, 1.82) is 0 Å². The molecule has 1 aliphatic rings. The van der Waals surface area contributed by atoms with Crippen LogP contribution in [0.1, 0.15) is 19.3 Å². The molecule has 15 heavy (non-hydrogen) atoms. The van der Waals surface area contributed by atoms with Gasteiger partial charge >= 0.3 is 0 Å². The molecule has 0 radical (unpaired) electrons. The van der Waals surface area contributed by atoms with E-state index in [1.807, 2.05) is 7.05 Å². The predicted molar refractivity (Wildman–Crippen MR) is 59.1 cm³/mol. The first-order chi connectivity index (χ1) is 7.22. The van der Waals surface area contributed by atoms with Crippen LogP contribution in [-0.2, 0) is 4.74 Å².